The summed E-state index contributed by atoms with van der Waals surface area (Å²) in [5.74, 6) is 0.474. The summed E-state index contributed by atoms with van der Waals surface area (Å²) in [5.41, 5.74) is 1.20. The first-order valence-corrected chi connectivity index (χ1v) is 7.32. The molecule has 1 aromatic carbocycles. The Morgan fingerprint density at radius 3 is 2.58 bits per heavy atom. The molecule has 19 heavy (non-hydrogen) atoms. The molecule has 0 saturated carbocycles. The van der Waals surface area contributed by atoms with Crippen molar-refractivity contribution in [3.63, 3.8) is 0 Å². The third-order valence-electron chi connectivity index (χ3n) is 4.10. The number of hydrogen-bond acceptors (Lipinski definition) is 2. The molecule has 1 aliphatic heterocycles. The Bertz CT molecular complexity index is 388. The molecular formula is C16H25FN2. The molecule has 0 bridgehead atoms. The molecule has 0 spiro atoms. The third-order valence-corrected chi connectivity index (χ3v) is 4.10. The topological polar surface area (TPSA) is 15.3 Å². The predicted molar refractivity (Wildman–Crippen MR) is 77.5 cm³/mol. The number of piperazine rings is 1. The summed E-state index contributed by atoms with van der Waals surface area (Å²) in [5, 5.41) is 3.62. The largest absolute Gasteiger partial charge is 0.311 e. The van der Waals surface area contributed by atoms with Crippen molar-refractivity contribution in [1.82, 2.24) is 10.2 Å². The number of nitrogens with zero attached hydrogens (tertiary/aromatic N) is 1. The molecule has 1 fully saturated rings. The maximum absolute atomic E-state index is 13.0. The fourth-order valence-electron chi connectivity index (χ4n) is 2.84. The van der Waals surface area contributed by atoms with Crippen LogP contribution < -0.4 is 5.32 Å². The number of rotatable bonds is 4. The van der Waals surface area contributed by atoms with E-state index < -0.39 is 0 Å². The molecule has 1 aliphatic rings. The Hall–Kier alpha value is -0.930. The van der Waals surface area contributed by atoms with Crippen LogP contribution in [0.1, 0.15) is 32.8 Å². The van der Waals surface area contributed by atoms with Crippen LogP contribution in [-0.2, 0) is 6.54 Å². The second-order valence-electron chi connectivity index (χ2n) is 5.88. The summed E-state index contributed by atoms with van der Waals surface area (Å²) in [7, 11) is 0. The molecule has 2 nitrogen and oxygen atoms in total. The van der Waals surface area contributed by atoms with E-state index in [0.29, 0.717) is 18.0 Å². The van der Waals surface area contributed by atoms with Gasteiger partial charge < -0.3 is 5.32 Å². The molecule has 0 aliphatic carbocycles. The van der Waals surface area contributed by atoms with E-state index in [1.165, 1.54) is 5.56 Å². The molecule has 0 radical (unpaired) electrons. The summed E-state index contributed by atoms with van der Waals surface area (Å²) in [4.78, 5) is 2.54. The van der Waals surface area contributed by atoms with Crippen LogP contribution in [0.25, 0.3) is 0 Å². The Labute approximate surface area is 116 Å². The van der Waals surface area contributed by atoms with Crippen LogP contribution >= 0.6 is 0 Å². The van der Waals surface area contributed by atoms with Gasteiger partial charge in [0.2, 0.25) is 0 Å². The molecule has 0 amide bonds. The highest BCUT2D eigenvalue weighted by atomic mass is 19.1. The lowest BCUT2D eigenvalue weighted by Crippen LogP contribution is -2.57. The van der Waals surface area contributed by atoms with E-state index in [1.54, 1.807) is 12.1 Å². The van der Waals surface area contributed by atoms with Crippen molar-refractivity contribution in [2.75, 3.05) is 13.1 Å². The van der Waals surface area contributed by atoms with Crippen LogP contribution in [0.2, 0.25) is 0 Å². The van der Waals surface area contributed by atoms with Crippen LogP contribution in [0.3, 0.4) is 0 Å². The van der Waals surface area contributed by atoms with Crippen LogP contribution in [0, 0.1) is 11.7 Å². The average Bonchev–Trinajstić information content (AvgIpc) is 2.41. The Kier molecular flexibility index (Phi) is 4.94. The van der Waals surface area contributed by atoms with Gasteiger partial charge in [-0.3, -0.25) is 4.90 Å². The zero-order valence-corrected chi connectivity index (χ0v) is 12.2. The summed E-state index contributed by atoms with van der Waals surface area (Å²) in [6.45, 7) is 9.82. The van der Waals surface area contributed by atoms with E-state index in [4.69, 9.17) is 0 Å². The Morgan fingerprint density at radius 2 is 2.00 bits per heavy atom. The van der Waals surface area contributed by atoms with Gasteiger partial charge in [0.15, 0.2) is 0 Å². The standard InChI is InChI=1S/C16H25FN2/c1-4-15-11-19(16(9-18-15)12(2)3)10-13-5-7-14(17)8-6-13/h5-8,12,15-16,18H,4,9-11H2,1-3H3. The van der Waals surface area contributed by atoms with Gasteiger partial charge in [-0.25, -0.2) is 4.39 Å². The maximum Gasteiger partial charge on any atom is 0.123 e. The van der Waals surface area contributed by atoms with Crippen LogP contribution in [-0.4, -0.2) is 30.1 Å². The fourth-order valence-corrected chi connectivity index (χ4v) is 2.84. The smallest absolute Gasteiger partial charge is 0.123 e. The molecule has 1 aromatic rings. The van der Waals surface area contributed by atoms with Gasteiger partial charge in [0.25, 0.3) is 0 Å². The number of hydrogen-bond donors (Lipinski definition) is 1. The molecule has 0 aromatic heterocycles. The minimum atomic E-state index is -0.157. The average molecular weight is 264 g/mol. The van der Waals surface area contributed by atoms with Gasteiger partial charge in [-0.1, -0.05) is 32.9 Å². The molecule has 1 N–H and O–H groups in total. The highest BCUT2D eigenvalue weighted by molar-refractivity contribution is 5.16. The quantitative estimate of drug-likeness (QED) is 0.899. The van der Waals surface area contributed by atoms with Crippen molar-refractivity contribution >= 4 is 0 Å². The highest BCUT2D eigenvalue weighted by Crippen LogP contribution is 2.19. The summed E-state index contributed by atoms with van der Waals surface area (Å²) in [6.07, 6.45) is 1.16. The lowest BCUT2D eigenvalue weighted by atomic mass is 9.97. The second kappa shape index (κ2) is 6.49. The van der Waals surface area contributed by atoms with Crippen LogP contribution in [0.5, 0.6) is 0 Å². The lowest BCUT2D eigenvalue weighted by Gasteiger charge is -2.42. The van der Waals surface area contributed by atoms with Crippen LogP contribution in [0.4, 0.5) is 4.39 Å². The number of nitrogens with one attached hydrogen (secondary N) is 1. The molecule has 1 saturated heterocycles. The molecular weight excluding hydrogens is 239 g/mol. The molecule has 106 valence electrons. The zero-order valence-electron chi connectivity index (χ0n) is 12.2. The fraction of sp³-hybridized carbons (Fsp3) is 0.625. The molecule has 2 unspecified atom stereocenters. The van der Waals surface area contributed by atoms with Gasteiger partial charge in [0, 0.05) is 31.7 Å². The van der Waals surface area contributed by atoms with E-state index in [9.17, 15) is 4.39 Å². The van der Waals surface area contributed by atoms with Gasteiger partial charge in [0.1, 0.15) is 5.82 Å². The highest BCUT2D eigenvalue weighted by Gasteiger charge is 2.28. The van der Waals surface area contributed by atoms with E-state index in [-0.39, 0.29) is 5.82 Å². The predicted octanol–water partition coefficient (Wildman–Crippen LogP) is 3.03. The summed E-state index contributed by atoms with van der Waals surface area (Å²) >= 11 is 0. The molecule has 3 heteroatoms. The van der Waals surface area contributed by atoms with Crippen LogP contribution in [0.15, 0.2) is 24.3 Å². The van der Waals surface area contributed by atoms with Crippen molar-refractivity contribution < 1.29 is 4.39 Å². The molecule has 1 heterocycles. The molecule has 2 atom stereocenters. The summed E-state index contributed by atoms with van der Waals surface area (Å²) in [6, 6.07) is 8.05. The van der Waals surface area contributed by atoms with E-state index >= 15 is 0 Å². The van der Waals surface area contributed by atoms with E-state index in [0.717, 1.165) is 26.1 Å². The third kappa shape index (κ3) is 3.77. The van der Waals surface area contributed by atoms with Gasteiger partial charge >= 0.3 is 0 Å². The second-order valence-corrected chi connectivity index (χ2v) is 5.88. The van der Waals surface area contributed by atoms with Crippen molar-refractivity contribution in [1.29, 1.82) is 0 Å². The van der Waals surface area contributed by atoms with E-state index in [2.05, 4.69) is 31.0 Å². The summed E-state index contributed by atoms with van der Waals surface area (Å²) < 4.78 is 13.0. The lowest BCUT2D eigenvalue weighted by molar-refractivity contribution is 0.0900. The normalized spacial score (nSPS) is 24.9. The van der Waals surface area contributed by atoms with Gasteiger partial charge in [-0.05, 0) is 30.0 Å². The van der Waals surface area contributed by atoms with Crippen molar-refractivity contribution in [3.05, 3.63) is 35.6 Å². The first-order valence-electron chi connectivity index (χ1n) is 7.32. The maximum atomic E-state index is 13.0. The number of halogens is 1. The van der Waals surface area contributed by atoms with Gasteiger partial charge in [-0.2, -0.15) is 0 Å². The van der Waals surface area contributed by atoms with Gasteiger partial charge in [-0.15, -0.1) is 0 Å². The SMILES string of the molecule is CCC1CN(Cc2ccc(F)cc2)C(C(C)C)CN1. The molecule has 2 rings (SSSR count). The number of benzene rings is 1. The Morgan fingerprint density at radius 1 is 1.32 bits per heavy atom. The van der Waals surface area contributed by atoms with E-state index in [1.807, 2.05) is 12.1 Å². The zero-order chi connectivity index (χ0) is 13.8. The monoisotopic (exact) mass is 264 g/mol. The van der Waals surface area contributed by atoms with Crippen molar-refractivity contribution in [2.24, 2.45) is 5.92 Å². The van der Waals surface area contributed by atoms with Gasteiger partial charge in [0.05, 0.1) is 0 Å². The Balaban J connectivity index is 2.06. The minimum Gasteiger partial charge on any atom is -0.311 e. The minimum absolute atomic E-state index is 0.157. The van der Waals surface area contributed by atoms with Crippen molar-refractivity contribution in [2.45, 2.75) is 45.8 Å². The van der Waals surface area contributed by atoms with Crippen molar-refractivity contribution in [3.8, 4) is 0 Å². The first kappa shape index (κ1) is 14.5. The first-order chi connectivity index (χ1) is 9.10.